The Balaban J connectivity index is 1.58. The number of benzene rings is 2. The van der Waals surface area contributed by atoms with Crippen LogP contribution in [0.1, 0.15) is 30.3 Å². The third kappa shape index (κ3) is 4.26. The van der Waals surface area contributed by atoms with Gasteiger partial charge in [0.1, 0.15) is 11.9 Å². The highest BCUT2D eigenvalue weighted by atomic mass is 32.2. The minimum Gasteiger partial charge on any atom is -0.493 e. The minimum atomic E-state index is -3.68. The van der Waals surface area contributed by atoms with Gasteiger partial charge in [0.05, 0.1) is 25.5 Å². The molecule has 2 heterocycles. The zero-order chi connectivity index (χ0) is 22.0. The number of hydrogen-bond acceptors (Lipinski definition) is 7. The van der Waals surface area contributed by atoms with E-state index in [0.717, 1.165) is 0 Å². The molecular weight excluding hydrogens is 425 g/mol. The first-order chi connectivity index (χ1) is 14.9. The fourth-order valence-electron chi connectivity index (χ4n) is 3.70. The van der Waals surface area contributed by atoms with Gasteiger partial charge < -0.3 is 13.9 Å². The molecule has 0 N–H and O–H groups in total. The number of aromatic nitrogens is 2. The highest BCUT2D eigenvalue weighted by Crippen LogP contribution is 2.36. The first-order valence-electron chi connectivity index (χ1n) is 9.71. The topological polar surface area (TPSA) is 94.8 Å². The van der Waals surface area contributed by atoms with Gasteiger partial charge in [0.25, 0.3) is 5.89 Å². The van der Waals surface area contributed by atoms with E-state index in [2.05, 4.69) is 10.2 Å². The minimum absolute atomic E-state index is 0.0252. The van der Waals surface area contributed by atoms with Crippen LogP contribution in [0.3, 0.4) is 0 Å². The Morgan fingerprint density at radius 2 is 1.90 bits per heavy atom. The monoisotopic (exact) mass is 447 g/mol. The molecular formula is C21H22FN3O5S. The van der Waals surface area contributed by atoms with Gasteiger partial charge in [-0.05, 0) is 42.7 Å². The van der Waals surface area contributed by atoms with Crippen LogP contribution in [0.15, 0.2) is 46.9 Å². The normalized spacial score (nSPS) is 17.1. The zero-order valence-electron chi connectivity index (χ0n) is 17.1. The maximum atomic E-state index is 14.0. The molecule has 1 aromatic heterocycles. The number of halogens is 1. The van der Waals surface area contributed by atoms with E-state index >= 15 is 0 Å². The largest absolute Gasteiger partial charge is 0.493 e. The van der Waals surface area contributed by atoms with Crippen LogP contribution >= 0.6 is 0 Å². The number of nitrogens with zero attached hydrogens (tertiary/aromatic N) is 3. The number of methoxy groups -OCH3 is 2. The van der Waals surface area contributed by atoms with Crippen molar-refractivity contribution in [3.8, 4) is 23.0 Å². The average molecular weight is 447 g/mol. The summed E-state index contributed by atoms with van der Waals surface area (Å²) >= 11 is 0. The van der Waals surface area contributed by atoms with E-state index < -0.39 is 21.9 Å². The molecule has 3 aromatic rings. The fourth-order valence-corrected chi connectivity index (χ4v) is 5.45. The zero-order valence-corrected chi connectivity index (χ0v) is 17.9. The Hall–Kier alpha value is -2.98. The van der Waals surface area contributed by atoms with Gasteiger partial charge in [-0.1, -0.05) is 18.2 Å². The first-order valence-corrected chi connectivity index (χ1v) is 11.3. The maximum Gasteiger partial charge on any atom is 0.250 e. The molecule has 0 radical (unpaired) electrons. The summed E-state index contributed by atoms with van der Waals surface area (Å²) in [5.41, 5.74) is 0.750. The van der Waals surface area contributed by atoms with Gasteiger partial charge in [-0.25, -0.2) is 12.8 Å². The lowest BCUT2D eigenvalue weighted by atomic mass is 10.2. The second-order valence-electron chi connectivity index (χ2n) is 7.14. The molecule has 0 amide bonds. The summed E-state index contributed by atoms with van der Waals surface area (Å²) in [5, 5.41) is 7.94. The van der Waals surface area contributed by atoms with Crippen molar-refractivity contribution < 1.29 is 26.7 Å². The van der Waals surface area contributed by atoms with Crippen LogP contribution in [0.4, 0.5) is 4.39 Å². The molecule has 0 bridgehead atoms. The second-order valence-corrected chi connectivity index (χ2v) is 9.06. The molecule has 1 aliphatic rings. The van der Waals surface area contributed by atoms with Gasteiger partial charge in [-0.3, -0.25) is 0 Å². The lowest BCUT2D eigenvalue weighted by Crippen LogP contribution is -2.32. The van der Waals surface area contributed by atoms with Gasteiger partial charge in [-0.2, -0.15) is 4.31 Å². The summed E-state index contributed by atoms with van der Waals surface area (Å²) in [6, 6.07) is 10.5. The summed E-state index contributed by atoms with van der Waals surface area (Å²) in [5.74, 6) is 0.470. The Kier molecular flexibility index (Phi) is 5.92. The molecule has 8 nitrogen and oxygen atoms in total. The Morgan fingerprint density at radius 1 is 1.13 bits per heavy atom. The van der Waals surface area contributed by atoms with Crippen molar-refractivity contribution in [3.63, 3.8) is 0 Å². The van der Waals surface area contributed by atoms with E-state index in [4.69, 9.17) is 13.9 Å². The van der Waals surface area contributed by atoms with Gasteiger partial charge in [0, 0.05) is 6.54 Å². The van der Waals surface area contributed by atoms with Crippen molar-refractivity contribution in [1.29, 1.82) is 0 Å². The van der Waals surface area contributed by atoms with E-state index in [1.165, 1.54) is 30.7 Å². The van der Waals surface area contributed by atoms with Crippen LogP contribution in [0.5, 0.6) is 11.5 Å². The molecule has 1 unspecified atom stereocenters. The molecule has 4 rings (SSSR count). The summed E-state index contributed by atoms with van der Waals surface area (Å²) in [4.78, 5) is 0. The van der Waals surface area contributed by atoms with Crippen molar-refractivity contribution in [2.75, 3.05) is 20.8 Å². The van der Waals surface area contributed by atoms with E-state index in [-0.39, 0.29) is 23.1 Å². The fraction of sp³-hybridized carbons (Fsp3) is 0.333. The predicted molar refractivity (Wildman–Crippen MR) is 111 cm³/mol. The van der Waals surface area contributed by atoms with Gasteiger partial charge in [0.15, 0.2) is 11.5 Å². The van der Waals surface area contributed by atoms with E-state index in [9.17, 15) is 12.8 Å². The SMILES string of the molecule is COc1ccc(CS(=O)(=O)N2CCCC2c2nnc(-c3ccccc3F)o2)cc1OC. The lowest BCUT2D eigenvalue weighted by molar-refractivity contribution is 0.331. The summed E-state index contributed by atoms with van der Waals surface area (Å²) < 4.78 is 57.9. The van der Waals surface area contributed by atoms with E-state index in [1.807, 2.05) is 0 Å². The Morgan fingerprint density at radius 3 is 2.65 bits per heavy atom. The average Bonchev–Trinajstić information content (AvgIpc) is 3.43. The number of hydrogen-bond donors (Lipinski definition) is 0. The van der Waals surface area contributed by atoms with E-state index in [1.54, 1.807) is 30.3 Å². The molecule has 31 heavy (non-hydrogen) atoms. The van der Waals surface area contributed by atoms with Crippen molar-refractivity contribution in [1.82, 2.24) is 14.5 Å². The smallest absolute Gasteiger partial charge is 0.250 e. The van der Waals surface area contributed by atoms with Gasteiger partial charge >= 0.3 is 0 Å². The predicted octanol–water partition coefficient (Wildman–Crippen LogP) is 3.56. The van der Waals surface area contributed by atoms with Crippen molar-refractivity contribution in [3.05, 3.63) is 59.7 Å². The third-order valence-corrected chi connectivity index (χ3v) is 7.04. The maximum absolute atomic E-state index is 14.0. The van der Waals surface area contributed by atoms with E-state index in [0.29, 0.717) is 36.4 Å². The highest BCUT2D eigenvalue weighted by Gasteiger charge is 2.38. The van der Waals surface area contributed by atoms with Crippen LogP contribution in [-0.4, -0.2) is 43.7 Å². The number of sulfonamides is 1. The van der Waals surface area contributed by atoms with Crippen LogP contribution < -0.4 is 9.47 Å². The van der Waals surface area contributed by atoms with Crippen LogP contribution in [0, 0.1) is 5.82 Å². The molecule has 1 atom stereocenters. The molecule has 1 aliphatic heterocycles. The third-order valence-electron chi connectivity index (χ3n) is 5.19. The molecule has 0 saturated carbocycles. The Labute approximate surface area is 179 Å². The summed E-state index contributed by atoms with van der Waals surface area (Å²) in [6.07, 6.45) is 1.21. The second kappa shape index (κ2) is 8.64. The molecule has 0 spiro atoms. The van der Waals surface area contributed by atoms with Gasteiger partial charge in [0.2, 0.25) is 15.9 Å². The standard InChI is InChI=1S/C21H22FN3O5S/c1-28-18-10-9-14(12-19(18)29-2)13-31(26,27)25-11-5-8-17(25)21-24-23-20(30-21)15-6-3-4-7-16(15)22/h3-4,6-7,9-10,12,17H,5,8,11,13H2,1-2H3. The van der Waals surface area contributed by atoms with Crippen LogP contribution in [0.25, 0.3) is 11.5 Å². The van der Waals surface area contributed by atoms with Crippen LogP contribution in [-0.2, 0) is 15.8 Å². The quantitative estimate of drug-likeness (QED) is 0.546. The molecule has 164 valence electrons. The molecule has 10 heteroatoms. The molecule has 0 aliphatic carbocycles. The van der Waals surface area contributed by atoms with Crippen LogP contribution in [0.2, 0.25) is 0 Å². The van der Waals surface area contributed by atoms with Crippen molar-refractivity contribution in [2.24, 2.45) is 0 Å². The first kappa shape index (κ1) is 21.3. The van der Waals surface area contributed by atoms with Crippen molar-refractivity contribution in [2.45, 2.75) is 24.6 Å². The number of ether oxygens (including phenoxy) is 2. The number of rotatable bonds is 7. The molecule has 1 saturated heterocycles. The molecule has 2 aromatic carbocycles. The lowest BCUT2D eigenvalue weighted by Gasteiger charge is -2.21. The highest BCUT2D eigenvalue weighted by molar-refractivity contribution is 7.88. The molecule has 1 fully saturated rings. The summed E-state index contributed by atoms with van der Waals surface area (Å²) in [7, 11) is -0.671. The van der Waals surface area contributed by atoms with Gasteiger partial charge in [-0.15, -0.1) is 10.2 Å². The van der Waals surface area contributed by atoms with Crippen molar-refractivity contribution >= 4 is 10.0 Å². The Bertz CT molecular complexity index is 1180. The summed E-state index contributed by atoms with van der Waals surface area (Å²) in [6.45, 7) is 0.345.